The van der Waals surface area contributed by atoms with Crippen LogP contribution in [0.15, 0.2) is 12.1 Å². The summed E-state index contributed by atoms with van der Waals surface area (Å²) in [5.74, 6) is 0. The van der Waals surface area contributed by atoms with Crippen LogP contribution in [0.25, 0.3) is 0 Å². The minimum atomic E-state index is 0.255. The smallest absolute Gasteiger partial charge is 0.169 e. The van der Waals surface area contributed by atoms with Crippen LogP contribution < -0.4 is 5.32 Å². The molecule has 0 aliphatic carbocycles. The highest BCUT2D eigenvalue weighted by molar-refractivity contribution is 7.80. The highest BCUT2D eigenvalue weighted by Gasteiger charge is 2.19. The van der Waals surface area contributed by atoms with E-state index in [2.05, 4.69) is 52.6 Å². The Morgan fingerprint density at radius 3 is 2.35 bits per heavy atom. The van der Waals surface area contributed by atoms with Gasteiger partial charge in [0.25, 0.3) is 0 Å². The molecule has 1 N–H and O–H groups in total. The minimum absolute atomic E-state index is 0.255. The minimum Gasteiger partial charge on any atom is -0.383 e. The fourth-order valence-electron chi connectivity index (χ4n) is 3.06. The maximum absolute atomic E-state index is 5.50. The molecule has 23 heavy (non-hydrogen) atoms. The van der Waals surface area contributed by atoms with E-state index in [1.807, 2.05) is 0 Å². The van der Waals surface area contributed by atoms with Crippen molar-refractivity contribution in [1.82, 2.24) is 19.7 Å². The largest absolute Gasteiger partial charge is 0.383 e. The molecule has 2 heterocycles. The van der Waals surface area contributed by atoms with Crippen LogP contribution in [0, 0.1) is 13.8 Å². The highest BCUT2D eigenvalue weighted by Crippen LogP contribution is 2.08. The Morgan fingerprint density at radius 2 is 1.78 bits per heavy atom. The van der Waals surface area contributed by atoms with Gasteiger partial charge in [-0.15, -0.1) is 0 Å². The molecule has 1 aromatic heterocycles. The van der Waals surface area contributed by atoms with Crippen LogP contribution in [0.4, 0.5) is 0 Å². The number of nitrogens with zero attached hydrogens (tertiary/aromatic N) is 3. The average Bonchev–Trinajstić information content (AvgIpc) is 2.84. The number of nitrogens with one attached hydrogen (secondary N) is 1. The molecule has 1 fully saturated rings. The first-order valence-corrected chi connectivity index (χ1v) is 8.81. The Morgan fingerprint density at radius 1 is 1.17 bits per heavy atom. The van der Waals surface area contributed by atoms with Crippen molar-refractivity contribution in [2.75, 3.05) is 46.4 Å². The van der Waals surface area contributed by atoms with Crippen LogP contribution in [0.5, 0.6) is 0 Å². The van der Waals surface area contributed by atoms with E-state index in [1.54, 1.807) is 7.11 Å². The van der Waals surface area contributed by atoms with Crippen LogP contribution in [0.1, 0.15) is 18.3 Å². The molecule has 0 amide bonds. The number of ether oxygens (including phenoxy) is 1. The number of aromatic nitrogens is 1. The molecule has 0 saturated carbocycles. The Kier molecular flexibility index (Phi) is 6.87. The highest BCUT2D eigenvalue weighted by atomic mass is 32.1. The lowest BCUT2D eigenvalue weighted by atomic mass is 10.3. The Bertz CT molecular complexity index is 489. The molecule has 1 aromatic rings. The van der Waals surface area contributed by atoms with E-state index in [9.17, 15) is 0 Å². The summed E-state index contributed by atoms with van der Waals surface area (Å²) in [6, 6.07) is 4.64. The Balaban J connectivity index is 1.72. The van der Waals surface area contributed by atoms with Gasteiger partial charge in [0, 0.05) is 63.8 Å². The Hall–Kier alpha value is -1.11. The van der Waals surface area contributed by atoms with Gasteiger partial charge < -0.3 is 19.5 Å². The van der Waals surface area contributed by atoms with Gasteiger partial charge in [0.05, 0.1) is 6.61 Å². The van der Waals surface area contributed by atoms with Gasteiger partial charge in [-0.2, -0.15) is 0 Å². The lowest BCUT2D eigenvalue weighted by Crippen LogP contribution is -2.53. The fraction of sp³-hybridized carbons (Fsp3) is 0.706. The van der Waals surface area contributed by atoms with E-state index < -0.39 is 0 Å². The molecule has 130 valence electrons. The third kappa shape index (κ3) is 5.19. The first-order chi connectivity index (χ1) is 11.0. The van der Waals surface area contributed by atoms with Gasteiger partial charge in [0.1, 0.15) is 0 Å². The van der Waals surface area contributed by atoms with E-state index in [0.29, 0.717) is 6.61 Å². The quantitative estimate of drug-likeness (QED) is 0.797. The van der Waals surface area contributed by atoms with Crippen molar-refractivity contribution in [2.24, 2.45) is 0 Å². The molecule has 1 aliphatic rings. The SMILES string of the molecule is COC[C@@H](C)NC(=S)N1CCN(CCn2c(C)ccc2C)CC1. The molecule has 1 aliphatic heterocycles. The first-order valence-electron chi connectivity index (χ1n) is 8.40. The van der Waals surface area contributed by atoms with Crippen molar-refractivity contribution >= 4 is 17.3 Å². The summed E-state index contributed by atoms with van der Waals surface area (Å²) < 4.78 is 7.54. The number of hydrogen-bond acceptors (Lipinski definition) is 3. The summed E-state index contributed by atoms with van der Waals surface area (Å²) >= 11 is 5.50. The van der Waals surface area contributed by atoms with Gasteiger partial charge in [-0.05, 0) is 45.1 Å². The summed E-state index contributed by atoms with van der Waals surface area (Å²) in [5.41, 5.74) is 2.69. The topological polar surface area (TPSA) is 32.7 Å². The number of thiocarbonyl (C=S) groups is 1. The Labute approximate surface area is 145 Å². The van der Waals surface area contributed by atoms with Crippen LogP contribution in [-0.2, 0) is 11.3 Å². The second kappa shape index (κ2) is 8.66. The summed E-state index contributed by atoms with van der Waals surface area (Å²) in [7, 11) is 1.72. The number of hydrogen-bond donors (Lipinski definition) is 1. The molecule has 6 heteroatoms. The molecule has 1 saturated heterocycles. The molecule has 1 atom stereocenters. The molecule has 0 radical (unpaired) electrons. The van der Waals surface area contributed by atoms with Gasteiger partial charge in [0.2, 0.25) is 0 Å². The van der Waals surface area contributed by atoms with Gasteiger partial charge in [-0.25, -0.2) is 0 Å². The van der Waals surface area contributed by atoms with Crippen molar-refractivity contribution in [1.29, 1.82) is 0 Å². The molecule has 0 aromatic carbocycles. The molecule has 5 nitrogen and oxygen atoms in total. The zero-order chi connectivity index (χ0) is 16.8. The van der Waals surface area contributed by atoms with Crippen molar-refractivity contribution in [3.63, 3.8) is 0 Å². The third-order valence-electron chi connectivity index (χ3n) is 4.50. The average molecular weight is 339 g/mol. The second-order valence-corrected chi connectivity index (χ2v) is 6.79. The van der Waals surface area contributed by atoms with Gasteiger partial charge in [0.15, 0.2) is 5.11 Å². The van der Waals surface area contributed by atoms with Crippen molar-refractivity contribution in [3.8, 4) is 0 Å². The second-order valence-electron chi connectivity index (χ2n) is 6.40. The molecule has 2 rings (SSSR count). The zero-order valence-electron chi connectivity index (χ0n) is 14.8. The zero-order valence-corrected chi connectivity index (χ0v) is 15.7. The van der Waals surface area contributed by atoms with E-state index in [1.165, 1.54) is 11.4 Å². The molecular weight excluding hydrogens is 308 g/mol. The van der Waals surface area contributed by atoms with Gasteiger partial charge in [-0.1, -0.05) is 0 Å². The van der Waals surface area contributed by atoms with Crippen LogP contribution in [-0.4, -0.2) is 72.0 Å². The summed E-state index contributed by atoms with van der Waals surface area (Å²) in [6.45, 7) is 13.4. The van der Waals surface area contributed by atoms with Crippen molar-refractivity contribution < 1.29 is 4.74 Å². The maximum Gasteiger partial charge on any atom is 0.169 e. The molecule has 0 unspecified atom stereocenters. The van der Waals surface area contributed by atoms with E-state index in [4.69, 9.17) is 17.0 Å². The monoisotopic (exact) mass is 338 g/mol. The third-order valence-corrected chi connectivity index (χ3v) is 4.88. The fourth-order valence-corrected chi connectivity index (χ4v) is 3.45. The van der Waals surface area contributed by atoms with Crippen molar-refractivity contribution in [2.45, 2.75) is 33.4 Å². The van der Waals surface area contributed by atoms with Crippen LogP contribution in [0.2, 0.25) is 0 Å². The van der Waals surface area contributed by atoms with Crippen LogP contribution in [0.3, 0.4) is 0 Å². The molecule has 0 bridgehead atoms. The van der Waals surface area contributed by atoms with E-state index >= 15 is 0 Å². The lowest BCUT2D eigenvalue weighted by molar-refractivity contribution is 0.165. The summed E-state index contributed by atoms with van der Waals surface area (Å²) in [4.78, 5) is 4.79. The summed E-state index contributed by atoms with van der Waals surface area (Å²) in [5, 5.41) is 4.20. The predicted octanol–water partition coefficient (Wildman–Crippen LogP) is 1.63. The van der Waals surface area contributed by atoms with E-state index in [-0.39, 0.29) is 6.04 Å². The first kappa shape index (κ1) is 18.2. The number of piperazine rings is 1. The van der Waals surface area contributed by atoms with Gasteiger partial charge in [-0.3, -0.25) is 4.90 Å². The summed E-state index contributed by atoms with van der Waals surface area (Å²) in [6.07, 6.45) is 0. The lowest BCUT2D eigenvalue weighted by Gasteiger charge is -2.37. The standard InChI is InChI=1S/C17H30N4OS/c1-14(13-22-4)18-17(23)20-10-7-19(8-11-20)9-12-21-15(2)5-6-16(21)3/h5-6,14H,7-13H2,1-4H3,(H,18,23)/t14-/m1/s1. The van der Waals surface area contributed by atoms with Crippen LogP contribution >= 0.6 is 12.2 Å². The molecular formula is C17H30N4OS. The molecule has 0 spiro atoms. The number of aryl methyl sites for hydroxylation is 2. The number of methoxy groups -OCH3 is 1. The number of rotatable bonds is 6. The predicted molar refractivity (Wildman–Crippen MR) is 99.0 cm³/mol. The van der Waals surface area contributed by atoms with Gasteiger partial charge >= 0.3 is 0 Å². The van der Waals surface area contributed by atoms with E-state index in [0.717, 1.165) is 44.4 Å². The van der Waals surface area contributed by atoms with Crippen molar-refractivity contribution in [3.05, 3.63) is 23.5 Å². The normalized spacial score (nSPS) is 17.3. The maximum atomic E-state index is 5.50.